The lowest BCUT2D eigenvalue weighted by atomic mass is 10.1. The quantitative estimate of drug-likeness (QED) is 0.869. The minimum Gasteiger partial charge on any atom is -0.478 e. The summed E-state index contributed by atoms with van der Waals surface area (Å²) >= 11 is 6.06. The van der Waals surface area contributed by atoms with E-state index in [-0.39, 0.29) is 10.6 Å². The minimum atomic E-state index is -1.04. The molecule has 0 atom stereocenters. The highest BCUT2D eigenvalue weighted by molar-refractivity contribution is 6.33. The Morgan fingerprint density at radius 2 is 2.15 bits per heavy atom. The second-order valence-corrected chi connectivity index (χ2v) is 4.80. The van der Waals surface area contributed by atoms with Gasteiger partial charge < -0.3 is 10.4 Å². The van der Waals surface area contributed by atoms with Gasteiger partial charge in [0.25, 0.3) is 0 Å². The second kappa shape index (κ2) is 6.39. The van der Waals surface area contributed by atoms with Gasteiger partial charge in [-0.3, -0.25) is 0 Å². The number of para-hydroxylation sites is 1. The first-order valence-corrected chi connectivity index (χ1v) is 6.73. The molecule has 0 fully saturated rings. The number of rotatable bonds is 5. The van der Waals surface area contributed by atoms with Gasteiger partial charge in [-0.05, 0) is 24.1 Å². The lowest BCUT2D eigenvalue weighted by Gasteiger charge is -2.12. The van der Waals surface area contributed by atoms with E-state index in [4.69, 9.17) is 16.7 Å². The summed E-state index contributed by atoms with van der Waals surface area (Å²) in [5.41, 5.74) is 2.18. The molecule has 0 radical (unpaired) electrons. The topological polar surface area (TPSA) is 62.2 Å². The number of hydrogen-bond donors (Lipinski definition) is 2. The molecule has 2 rings (SSSR count). The maximum atomic E-state index is 10.8. The first-order chi connectivity index (χ1) is 9.61. The monoisotopic (exact) mass is 290 g/mol. The summed E-state index contributed by atoms with van der Waals surface area (Å²) in [7, 11) is 0. The number of carboxylic acids is 1. The van der Waals surface area contributed by atoms with E-state index in [0.29, 0.717) is 5.82 Å². The van der Waals surface area contributed by atoms with Crippen LogP contribution in [0.4, 0.5) is 11.5 Å². The lowest BCUT2D eigenvalue weighted by molar-refractivity contribution is 0.0696. The van der Waals surface area contributed by atoms with Gasteiger partial charge in [0.05, 0.1) is 10.6 Å². The van der Waals surface area contributed by atoms with Crippen molar-refractivity contribution in [3.8, 4) is 0 Å². The van der Waals surface area contributed by atoms with Crippen LogP contribution in [0.15, 0.2) is 36.5 Å². The van der Waals surface area contributed by atoms with Crippen molar-refractivity contribution in [3.63, 3.8) is 0 Å². The zero-order valence-corrected chi connectivity index (χ0v) is 11.8. The van der Waals surface area contributed by atoms with Crippen LogP contribution in [-0.4, -0.2) is 16.1 Å². The van der Waals surface area contributed by atoms with Gasteiger partial charge in [0.1, 0.15) is 5.82 Å². The Morgan fingerprint density at radius 1 is 1.40 bits per heavy atom. The Bertz CT molecular complexity index is 629. The predicted molar refractivity (Wildman–Crippen MR) is 79.9 cm³/mol. The van der Waals surface area contributed by atoms with E-state index in [1.54, 1.807) is 0 Å². The number of pyridine rings is 1. The SMILES string of the molecule is CCCc1ccccc1Nc1ncc(C(=O)O)cc1Cl. The standard InChI is InChI=1S/C15H15ClN2O2/c1-2-5-10-6-3-4-7-13(10)18-14-12(16)8-11(9-17-14)15(19)20/h3-4,6-9H,2,5H2,1H3,(H,17,18)(H,19,20). The molecule has 2 aromatic rings. The third-order valence-corrected chi connectivity index (χ3v) is 3.17. The molecule has 0 bridgehead atoms. The smallest absolute Gasteiger partial charge is 0.337 e. The number of aryl methyl sites for hydroxylation is 1. The van der Waals surface area contributed by atoms with Gasteiger partial charge in [-0.15, -0.1) is 0 Å². The molecular formula is C15H15ClN2O2. The fourth-order valence-corrected chi connectivity index (χ4v) is 2.12. The lowest BCUT2D eigenvalue weighted by Crippen LogP contribution is -2.02. The van der Waals surface area contributed by atoms with Crippen LogP contribution in [0.25, 0.3) is 0 Å². The summed E-state index contributed by atoms with van der Waals surface area (Å²) in [5.74, 6) is -0.586. The fourth-order valence-electron chi connectivity index (χ4n) is 1.90. The third kappa shape index (κ3) is 3.27. The number of nitrogens with zero attached hydrogens (tertiary/aromatic N) is 1. The molecule has 0 unspecified atom stereocenters. The Balaban J connectivity index is 2.28. The third-order valence-electron chi connectivity index (χ3n) is 2.88. The molecule has 0 amide bonds. The van der Waals surface area contributed by atoms with Gasteiger partial charge in [0.2, 0.25) is 0 Å². The van der Waals surface area contributed by atoms with Crippen LogP contribution in [0.2, 0.25) is 5.02 Å². The summed E-state index contributed by atoms with van der Waals surface area (Å²) in [6, 6.07) is 9.31. The van der Waals surface area contributed by atoms with Crippen molar-refractivity contribution in [2.75, 3.05) is 5.32 Å². The zero-order chi connectivity index (χ0) is 14.5. The van der Waals surface area contributed by atoms with Crippen LogP contribution in [0, 0.1) is 0 Å². The zero-order valence-electron chi connectivity index (χ0n) is 11.1. The van der Waals surface area contributed by atoms with Crippen LogP contribution in [0.5, 0.6) is 0 Å². The van der Waals surface area contributed by atoms with Crippen LogP contribution in [0.1, 0.15) is 29.3 Å². The van der Waals surface area contributed by atoms with Crippen molar-refractivity contribution in [3.05, 3.63) is 52.7 Å². The second-order valence-electron chi connectivity index (χ2n) is 4.39. The largest absolute Gasteiger partial charge is 0.478 e. The Kier molecular flexibility index (Phi) is 4.58. The molecule has 1 aromatic heterocycles. The van der Waals surface area contributed by atoms with Gasteiger partial charge in [0.15, 0.2) is 0 Å². The van der Waals surface area contributed by atoms with E-state index in [1.165, 1.54) is 17.8 Å². The molecule has 0 aliphatic carbocycles. The Morgan fingerprint density at radius 3 is 2.80 bits per heavy atom. The molecule has 0 saturated carbocycles. The minimum absolute atomic E-state index is 0.0717. The van der Waals surface area contributed by atoms with Crippen molar-refractivity contribution >= 4 is 29.1 Å². The summed E-state index contributed by atoms with van der Waals surface area (Å²) < 4.78 is 0. The van der Waals surface area contributed by atoms with Crippen LogP contribution >= 0.6 is 11.6 Å². The van der Waals surface area contributed by atoms with Gasteiger partial charge in [0, 0.05) is 11.9 Å². The molecule has 1 aromatic carbocycles. The molecule has 0 aliphatic heterocycles. The van der Waals surface area contributed by atoms with Crippen molar-refractivity contribution in [1.82, 2.24) is 4.98 Å². The number of aromatic nitrogens is 1. The first-order valence-electron chi connectivity index (χ1n) is 6.35. The van der Waals surface area contributed by atoms with Gasteiger partial charge in [-0.2, -0.15) is 0 Å². The molecular weight excluding hydrogens is 276 g/mol. The highest BCUT2D eigenvalue weighted by Crippen LogP contribution is 2.26. The molecule has 4 nitrogen and oxygen atoms in total. The van der Waals surface area contributed by atoms with E-state index < -0.39 is 5.97 Å². The van der Waals surface area contributed by atoms with Crippen LogP contribution in [0.3, 0.4) is 0 Å². The fraction of sp³-hybridized carbons (Fsp3) is 0.200. The van der Waals surface area contributed by atoms with Gasteiger partial charge in [-0.25, -0.2) is 9.78 Å². The molecule has 104 valence electrons. The van der Waals surface area contributed by atoms with Crippen molar-refractivity contribution < 1.29 is 9.90 Å². The molecule has 5 heteroatoms. The maximum absolute atomic E-state index is 10.8. The van der Waals surface area contributed by atoms with E-state index in [2.05, 4.69) is 17.2 Å². The summed E-state index contributed by atoms with van der Waals surface area (Å²) in [5, 5.41) is 12.3. The predicted octanol–water partition coefficient (Wildman–Crippen LogP) is 4.13. The molecule has 2 N–H and O–H groups in total. The van der Waals surface area contributed by atoms with E-state index >= 15 is 0 Å². The molecule has 0 aliphatic rings. The number of carbonyl (C=O) groups is 1. The molecule has 20 heavy (non-hydrogen) atoms. The van der Waals surface area contributed by atoms with Crippen LogP contribution < -0.4 is 5.32 Å². The Labute approximate surface area is 122 Å². The number of halogens is 1. The van der Waals surface area contributed by atoms with E-state index in [9.17, 15) is 4.79 Å². The van der Waals surface area contributed by atoms with Crippen LogP contribution in [-0.2, 0) is 6.42 Å². The number of benzene rings is 1. The number of hydrogen-bond acceptors (Lipinski definition) is 3. The molecule has 1 heterocycles. The number of anilines is 2. The number of aromatic carboxylic acids is 1. The summed E-state index contributed by atoms with van der Waals surface area (Å²) in [4.78, 5) is 14.9. The van der Waals surface area contributed by atoms with E-state index in [1.807, 2.05) is 24.3 Å². The highest BCUT2D eigenvalue weighted by Gasteiger charge is 2.10. The maximum Gasteiger partial charge on any atom is 0.337 e. The van der Waals surface area contributed by atoms with Crippen molar-refractivity contribution in [2.24, 2.45) is 0 Å². The first kappa shape index (κ1) is 14.3. The van der Waals surface area contributed by atoms with Crippen molar-refractivity contribution in [2.45, 2.75) is 19.8 Å². The average Bonchev–Trinajstić information content (AvgIpc) is 2.43. The molecule has 0 saturated heterocycles. The van der Waals surface area contributed by atoms with E-state index in [0.717, 1.165) is 18.5 Å². The summed E-state index contributed by atoms with van der Waals surface area (Å²) in [6.07, 6.45) is 3.28. The number of carboxylic acid groups (broad SMARTS) is 1. The highest BCUT2D eigenvalue weighted by atomic mass is 35.5. The van der Waals surface area contributed by atoms with Gasteiger partial charge >= 0.3 is 5.97 Å². The Hall–Kier alpha value is -2.07. The number of nitrogens with one attached hydrogen (secondary N) is 1. The normalized spacial score (nSPS) is 10.3. The van der Waals surface area contributed by atoms with Gasteiger partial charge in [-0.1, -0.05) is 43.1 Å². The summed E-state index contributed by atoms with van der Waals surface area (Å²) in [6.45, 7) is 2.11. The van der Waals surface area contributed by atoms with Crippen molar-refractivity contribution in [1.29, 1.82) is 0 Å². The molecule has 0 spiro atoms. The average molecular weight is 291 g/mol.